The standard InChI is InChI=1S/C24H21ClN2O6.C8H7NOS/c1-11-19(24(30)32-3)21-20-13(9-25)10-27(15(20)8-16(28)22(21)26-11)23(29)18-7-12-6-14(31-2)4-5-17(12)33-18;1-9-6-4-2-3-5-7(6)11-8(9)10/h4-8,13,26,28H,9-10H2,1-3H3;2-5H,1H3/t13-;/m1./s1. The van der Waals surface area contributed by atoms with Gasteiger partial charge in [-0.3, -0.25) is 9.59 Å². The first-order valence-electron chi connectivity index (χ1n) is 13.6. The van der Waals surface area contributed by atoms with E-state index in [2.05, 4.69) is 4.98 Å². The van der Waals surface area contributed by atoms with Crippen molar-refractivity contribution in [1.82, 2.24) is 9.55 Å². The maximum atomic E-state index is 13.5. The Morgan fingerprint density at radius 3 is 2.64 bits per heavy atom. The number of hydrogen-bond donors (Lipinski definition) is 2. The third kappa shape index (κ3) is 4.78. The van der Waals surface area contributed by atoms with Gasteiger partial charge in [0.25, 0.3) is 5.91 Å². The SMILES string of the molecule is COC(=O)c1c(C)[nH]c2c(O)cc3c(c12)[C@H](CCl)CN3C(=O)c1cc2cc(OC)ccc2o1.Cn1c(=O)sc2ccccc21. The minimum absolute atomic E-state index is 0.0793. The van der Waals surface area contributed by atoms with Crippen LogP contribution in [0, 0.1) is 6.92 Å². The summed E-state index contributed by atoms with van der Waals surface area (Å²) in [4.78, 5) is 41.9. The van der Waals surface area contributed by atoms with Gasteiger partial charge in [0.1, 0.15) is 17.1 Å². The number of aromatic amines is 1. The molecule has 0 bridgehead atoms. The number of nitrogens with one attached hydrogen (secondary N) is 1. The van der Waals surface area contributed by atoms with Crippen LogP contribution in [0.1, 0.15) is 38.1 Å². The van der Waals surface area contributed by atoms with Gasteiger partial charge >= 0.3 is 10.8 Å². The number of phenolic OH excluding ortho intramolecular Hbond substituents is 1. The molecule has 3 aromatic heterocycles. The average molecular weight is 634 g/mol. The van der Waals surface area contributed by atoms with Crippen molar-refractivity contribution in [3.8, 4) is 11.5 Å². The van der Waals surface area contributed by atoms with E-state index in [-0.39, 0.29) is 40.6 Å². The van der Waals surface area contributed by atoms with Crippen LogP contribution in [0.2, 0.25) is 0 Å². The lowest BCUT2D eigenvalue weighted by Gasteiger charge is -2.16. The number of carbonyl (C=O) groups is 2. The predicted molar refractivity (Wildman–Crippen MR) is 171 cm³/mol. The lowest BCUT2D eigenvalue weighted by atomic mass is 9.95. The Hall–Kier alpha value is -4.74. The molecular formula is C32H28ClN3O7S. The van der Waals surface area contributed by atoms with E-state index in [1.807, 2.05) is 24.3 Å². The molecule has 0 spiro atoms. The van der Waals surface area contributed by atoms with E-state index in [4.69, 9.17) is 25.5 Å². The number of phenols is 1. The molecule has 0 unspecified atom stereocenters. The minimum atomic E-state index is -0.532. The number of aromatic hydroxyl groups is 1. The van der Waals surface area contributed by atoms with Gasteiger partial charge in [-0.1, -0.05) is 23.5 Å². The molecule has 1 aliphatic rings. The van der Waals surface area contributed by atoms with E-state index < -0.39 is 5.97 Å². The molecule has 0 saturated carbocycles. The van der Waals surface area contributed by atoms with Gasteiger partial charge in [0.15, 0.2) is 5.76 Å². The molecule has 0 saturated heterocycles. The van der Waals surface area contributed by atoms with Crippen molar-refractivity contribution in [3.05, 3.63) is 86.8 Å². The number of amides is 1. The fraction of sp³-hybridized carbons (Fsp3) is 0.219. The van der Waals surface area contributed by atoms with Gasteiger partial charge in [-0.05, 0) is 48.9 Å². The van der Waals surface area contributed by atoms with Gasteiger partial charge < -0.3 is 33.4 Å². The molecule has 12 heteroatoms. The lowest BCUT2D eigenvalue weighted by molar-refractivity contribution is 0.0602. The molecule has 2 N–H and O–H groups in total. The number of anilines is 1. The highest BCUT2D eigenvalue weighted by Crippen LogP contribution is 2.47. The number of H-pyrrole nitrogens is 1. The van der Waals surface area contributed by atoms with Crippen LogP contribution in [0.4, 0.5) is 5.69 Å². The second-order valence-corrected chi connectivity index (χ2v) is 11.7. The molecule has 1 aliphatic heterocycles. The van der Waals surface area contributed by atoms with Crippen molar-refractivity contribution >= 4 is 72.6 Å². The predicted octanol–water partition coefficient (Wildman–Crippen LogP) is 6.31. The second-order valence-electron chi connectivity index (χ2n) is 10.4. The zero-order valence-electron chi connectivity index (χ0n) is 24.3. The second kappa shape index (κ2) is 11.4. The summed E-state index contributed by atoms with van der Waals surface area (Å²) in [5, 5.41) is 12.0. The van der Waals surface area contributed by atoms with Gasteiger partial charge in [-0.15, -0.1) is 11.6 Å². The largest absolute Gasteiger partial charge is 0.506 e. The number of halogens is 1. The van der Waals surface area contributed by atoms with Crippen molar-refractivity contribution in [1.29, 1.82) is 0 Å². The number of thiazole rings is 1. The number of fused-ring (bicyclic) bond motifs is 5. The number of esters is 1. The fourth-order valence-electron chi connectivity index (χ4n) is 5.68. The Morgan fingerprint density at radius 2 is 1.93 bits per heavy atom. The summed E-state index contributed by atoms with van der Waals surface area (Å²) in [7, 11) is 4.66. The number of benzene rings is 3. The summed E-state index contributed by atoms with van der Waals surface area (Å²) in [6.07, 6.45) is 0. The maximum absolute atomic E-state index is 13.5. The highest BCUT2D eigenvalue weighted by molar-refractivity contribution is 7.16. The minimum Gasteiger partial charge on any atom is -0.506 e. The summed E-state index contributed by atoms with van der Waals surface area (Å²) >= 11 is 7.58. The summed E-state index contributed by atoms with van der Waals surface area (Å²) in [5.41, 5.74) is 4.06. The van der Waals surface area contributed by atoms with Crippen LogP contribution in [-0.4, -0.2) is 53.2 Å². The molecule has 0 fully saturated rings. The van der Waals surface area contributed by atoms with Crippen LogP contribution in [0.3, 0.4) is 0 Å². The van der Waals surface area contributed by atoms with E-state index in [0.717, 1.165) is 15.6 Å². The molecule has 4 heterocycles. The Bertz CT molecular complexity index is 2140. The Kier molecular flexibility index (Phi) is 7.60. The molecule has 0 radical (unpaired) electrons. The molecule has 7 rings (SSSR count). The summed E-state index contributed by atoms with van der Waals surface area (Å²) in [6.45, 7) is 2.01. The normalized spacial score (nSPS) is 14.1. The number of aromatic nitrogens is 2. The number of hydrogen-bond acceptors (Lipinski definition) is 8. The van der Waals surface area contributed by atoms with Crippen LogP contribution in [-0.2, 0) is 11.8 Å². The van der Waals surface area contributed by atoms with Crippen LogP contribution in [0.15, 0.2) is 63.8 Å². The lowest BCUT2D eigenvalue weighted by Crippen LogP contribution is -2.29. The van der Waals surface area contributed by atoms with E-state index in [1.54, 1.807) is 49.9 Å². The molecule has 6 aromatic rings. The van der Waals surface area contributed by atoms with Crippen molar-refractivity contribution in [2.45, 2.75) is 12.8 Å². The van der Waals surface area contributed by atoms with Crippen LogP contribution >= 0.6 is 22.9 Å². The Labute approximate surface area is 260 Å². The monoisotopic (exact) mass is 633 g/mol. The molecule has 44 heavy (non-hydrogen) atoms. The van der Waals surface area contributed by atoms with Crippen molar-refractivity contribution in [3.63, 3.8) is 0 Å². The number of para-hydroxylation sites is 1. The zero-order chi connectivity index (χ0) is 31.3. The van der Waals surface area contributed by atoms with Crippen molar-refractivity contribution in [2.75, 3.05) is 31.5 Å². The van der Waals surface area contributed by atoms with Gasteiger partial charge in [0.05, 0.1) is 41.2 Å². The van der Waals surface area contributed by atoms with E-state index in [0.29, 0.717) is 44.7 Å². The zero-order valence-corrected chi connectivity index (χ0v) is 25.8. The highest BCUT2D eigenvalue weighted by Gasteiger charge is 2.38. The van der Waals surface area contributed by atoms with Gasteiger partial charge in [-0.25, -0.2) is 4.79 Å². The maximum Gasteiger partial charge on any atom is 0.340 e. The van der Waals surface area contributed by atoms with Crippen LogP contribution < -0.4 is 14.5 Å². The molecule has 3 aromatic carbocycles. The summed E-state index contributed by atoms with van der Waals surface area (Å²) in [6, 6.07) is 16.3. The Morgan fingerprint density at radius 1 is 1.16 bits per heavy atom. The number of carbonyl (C=O) groups excluding carboxylic acids is 2. The van der Waals surface area contributed by atoms with E-state index >= 15 is 0 Å². The number of furan rings is 1. The smallest absolute Gasteiger partial charge is 0.340 e. The van der Waals surface area contributed by atoms with Crippen LogP contribution in [0.5, 0.6) is 11.5 Å². The summed E-state index contributed by atoms with van der Waals surface area (Å²) in [5.74, 6) is -0.209. The number of ether oxygens (including phenoxy) is 2. The van der Waals surface area contributed by atoms with Crippen LogP contribution in [0.25, 0.3) is 32.1 Å². The number of rotatable bonds is 4. The fourth-order valence-corrected chi connectivity index (χ4v) is 6.82. The summed E-state index contributed by atoms with van der Waals surface area (Å²) < 4.78 is 18.7. The molecule has 1 atom stereocenters. The average Bonchev–Trinajstić information content (AvgIpc) is 3.78. The van der Waals surface area contributed by atoms with Gasteiger partial charge in [-0.2, -0.15) is 0 Å². The quantitative estimate of drug-likeness (QED) is 0.172. The molecular weight excluding hydrogens is 606 g/mol. The van der Waals surface area contributed by atoms with Crippen molar-refractivity contribution in [2.24, 2.45) is 7.05 Å². The first-order valence-corrected chi connectivity index (χ1v) is 15.0. The molecule has 1 amide bonds. The third-order valence-electron chi connectivity index (χ3n) is 7.82. The molecule has 226 valence electrons. The highest BCUT2D eigenvalue weighted by atomic mass is 35.5. The molecule has 10 nitrogen and oxygen atoms in total. The first-order chi connectivity index (χ1) is 21.2. The van der Waals surface area contributed by atoms with Gasteiger partial charge in [0.2, 0.25) is 0 Å². The number of alkyl halides is 1. The van der Waals surface area contributed by atoms with Gasteiger partial charge in [0, 0.05) is 47.9 Å². The van der Waals surface area contributed by atoms with E-state index in [1.165, 1.54) is 29.4 Å². The topological polar surface area (TPSA) is 127 Å². The van der Waals surface area contributed by atoms with Crippen molar-refractivity contribution < 1.29 is 28.6 Å². The van der Waals surface area contributed by atoms with E-state index in [9.17, 15) is 19.5 Å². The number of methoxy groups -OCH3 is 2. The molecule has 0 aliphatic carbocycles. The Balaban J connectivity index is 0.000000261. The third-order valence-corrected chi connectivity index (χ3v) is 9.20. The first kappa shape index (κ1) is 29.3. The number of aryl methyl sites for hydroxylation is 2. The number of nitrogens with zero attached hydrogens (tertiary/aromatic N) is 2.